The Bertz CT molecular complexity index is 3600. The predicted octanol–water partition coefficient (Wildman–Crippen LogP) is 21.3. The number of benzene rings is 8. The zero-order valence-corrected chi connectivity index (χ0v) is 46.7. The minimum Gasteiger partial charge on any atom is -0.204 e. The van der Waals surface area contributed by atoms with Crippen molar-refractivity contribution in [3.63, 3.8) is 0 Å². The fourth-order valence-electron chi connectivity index (χ4n) is 6.97. The van der Waals surface area contributed by atoms with Crippen LogP contribution >= 0.6 is 31.9 Å². The Hall–Kier alpha value is -7.38. The summed E-state index contributed by atoms with van der Waals surface area (Å²) in [6.45, 7) is 13.1. The largest absolute Gasteiger partial charge is 0.204 e. The van der Waals surface area contributed by atoms with E-state index in [0.29, 0.717) is 11.1 Å². The molecular formula is C55H26Br2F30. The second kappa shape index (κ2) is 29.5. The van der Waals surface area contributed by atoms with Crippen LogP contribution in [0.5, 0.6) is 0 Å². The van der Waals surface area contributed by atoms with Gasteiger partial charge in [0, 0.05) is 16.6 Å². The van der Waals surface area contributed by atoms with Gasteiger partial charge >= 0.3 is 0 Å². The minimum atomic E-state index is -2.68. The Morgan fingerprint density at radius 2 is 0.391 bits per heavy atom. The lowest BCUT2D eigenvalue weighted by Crippen LogP contribution is -2.10. The van der Waals surface area contributed by atoms with Gasteiger partial charge in [-0.1, -0.05) is 39.7 Å². The third-order valence-corrected chi connectivity index (χ3v) is 13.3. The van der Waals surface area contributed by atoms with Gasteiger partial charge in [0.25, 0.3) is 0 Å². The van der Waals surface area contributed by atoms with Crippen molar-refractivity contribution < 1.29 is 132 Å². The zero-order valence-electron chi connectivity index (χ0n) is 43.5. The summed E-state index contributed by atoms with van der Waals surface area (Å²) < 4.78 is 381. The minimum absolute atomic E-state index is 0.0471. The monoisotopic (exact) mass is 1410 g/mol. The highest BCUT2D eigenvalue weighted by molar-refractivity contribution is 9.10. The van der Waals surface area contributed by atoms with Crippen LogP contribution in [0.15, 0.2) is 39.3 Å². The van der Waals surface area contributed by atoms with E-state index in [0.717, 1.165) is 11.1 Å². The molecule has 0 spiro atoms. The molecule has 0 saturated heterocycles. The topological polar surface area (TPSA) is 0 Å². The highest BCUT2D eigenvalue weighted by Gasteiger charge is 2.35. The normalized spacial score (nSPS) is 10.7. The van der Waals surface area contributed by atoms with Crippen LogP contribution in [0.4, 0.5) is 132 Å². The molecule has 0 amide bonds. The first-order valence-electron chi connectivity index (χ1n) is 22.4. The van der Waals surface area contributed by atoms with Gasteiger partial charge in [0.1, 0.15) is 0 Å². The fraction of sp³-hybridized carbons (Fsp3) is 0.127. The van der Waals surface area contributed by atoms with E-state index in [1.165, 1.54) is 21.2 Å². The molecule has 8 aromatic carbocycles. The first-order valence-corrected chi connectivity index (χ1v) is 24.0. The van der Waals surface area contributed by atoms with E-state index in [2.05, 4.69) is 64.8 Å². The number of hydrogen-bond donors (Lipinski definition) is 0. The van der Waals surface area contributed by atoms with Gasteiger partial charge in [-0.15, -0.1) is 0 Å². The molecule has 0 fully saturated rings. The summed E-state index contributed by atoms with van der Waals surface area (Å²) in [5.41, 5.74) is 1.21. The maximum atomic E-state index is 14.0. The molecule has 0 unspecified atom stereocenters. The second-order valence-corrected chi connectivity index (χ2v) is 18.7. The summed E-state index contributed by atoms with van der Waals surface area (Å²) >= 11 is 5.73. The Morgan fingerprint density at radius 3 is 0.644 bits per heavy atom. The number of halogens is 32. The van der Waals surface area contributed by atoms with Crippen LogP contribution in [-0.4, -0.2) is 0 Å². The molecule has 0 aliphatic rings. The van der Waals surface area contributed by atoms with E-state index in [1.54, 1.807) is 26.8 Å². The third kappa shape index (κ3) is 15.5. The second-order valence-electron chi connectivity index (χ2n) is 17.1. The molecule has 470 valence electrons. The third-order valence-electron chi connectivity index (χ3n) is 11.3. The molecule has 0 aliphatic heterocycles. The van der Waals surface area contributed by atoms with Crippen LogP contribution in [0.1, 0.15) is 38.9 Å². The highest BCUT2D eigenvalue weighted by atomic mass is 79.9. The molecule has 0 aromatic heterocycles. The van der Waals surface area contributed by atoms with Crippen LogP contribution in [0, 0.1) is 223 Å². The molecule has 0 N–H and O–H groups in total. The lowest BCUT2D eigenvalue weighted by molar-refractivity contribution is 0.370. The molecule has 0 atom stereocenters. The standard InChI is InChI=1S/C16H13F5.C12F10.C9H11Br.C6BrF5.2C6HF5/c1-6-5-7(2)10(9(4)8(6)3)11-12(17)14(19)16(21)15(20)13(11)18;13-3-1(4(14)8(18)11(21)7(3)17)2-5(15)9(19)12(22)10(20)6(2)16;1-6-4-7(2)9(10)8(3)5-6;7-1-2(8)4(10)6(12)5(11)3(1)9;2*7-2-1-3(8)5(10)6(11)4(2)9/h5H,1-4H3;;4-5H,1-3H3;;2*1H. The number of rotatable bonds is 2. The van der Waals surface area contributed by atoms with Crippen LogP contribution in [0.2, 0.25) is 0 Å². The van der Waals surface area contributed by atoms with Gasteiger partial charge in [-0.3, -0.25) is 0 Å². The molecule has 0 heterocycles. The van der Waals surface area contributed by atoms with Gasteiger partial charge in [-0.25, -0.2) is 132 Å². The Kier molecular flexibility index (Phi) is 25.1. The van der Waals surface area contributed by atoms with Gasteiger partial charge in [-0.05, 0) is 103 Å². The molecule has 0 radical (unpaired) electrons. The molecular weight excluding hydrogens is 1390 g/mol. The van der Waals surface area contributed by atoms with Crippen LogP contribution < -0.4 is 0 Å². The van der Waals surface area contributed by atoms with Gasteiger partial charge in [0.2, 0.25) is 34.9 Å². The van der Waals surface area contributed by atoms with Crippen molar-refractivity contribution in [1.82, 2.24) is 0 Å². The molecule has 0 saturated carbocycles. The summed E-state index contributed by atoms with van der Waals surface area (Å²) in [5, 5.41) is 0. The maximum Gasteiger partial charge on any atom is 0.200 e. The fourth-order valence-corrected chi connectivity index (χ4v) is 7.55. The molecule has 0 bridgehead atoms. The zero-order chi connectivity index (χ0) is 67.4. The SMILES string of the molecule is Cc1cc(C)c(-c2c(F)c(F)c(F)c(F)c2F)c(C)c1C.Cc1cc(C)c(Br)c(C)c1.Fc1c(F)c(F)c(-c2c(F)c(F)c(F)c(F)c2F)c(F)c1F.Fc1c(F)c(F)c(Br)c(F)c1F.Fc1cc(F)c(F)c(F)c1F.Fc1cc(F)c(F)c(F)c1F. The average molecular weight is 1420 g/mol. The first kappa shape index (κ1) is 73.9. The quantitative estimate of drug-likeness (QED) is 0.0919. The van der Waals surface area contributed by atoms with E-state index in [4.69, 9.17) is 0 Å². The van der Waals surface area contributed by atoms with Crippen LogP contribution in [-0.2, 0) is 0 Å². The van der Waals surface area contributed by atoms with E-state index < -0.39 is 196 Å². The molecule has 8 aromatic rings. The van der Waals surface area contributed by atoms with Crippen molar-refractivity contribution >= 4 is 31.9 Å². The molecule has 0 aliphatic carbocycles. The van der Waals surface area contributed by atoms with Crippen molar-refractivity contribution in [2.45, 2.75) is 48.5 Å². The van der Waals surface area contributed by atoms with E-state index in [9.17, 15) is 132 Å². The lowest BCUT2D eigenvalue weighted by atomic mass is 9.89. The van der Waals surface area contributed by atoms with Crippen molar-refractivity contribution in [1.29, 1.82) is 0 Å². The van der Waals surface area contributed by atoms with E-state index >= 15 is 0 Å². The smallest absolute Gasteiger partial charge is 0.200 e. The maximum absolute atomic E-state index is 14.0. The summed E-state index contributed by atoms with van der Waals surface area (Å²) in [5.74, 6) is -65.4. The summed E-state index contributed by atoms with van der Waals surface area (Å²) in [6.07, 6.45) is 0. The molecule has 32 heteroatoms. The van der Waals surface area contributed by atoms with E-state index in [1.807, 2.05) is 6.92 Å². The summed E-state index contributed by atoms with van der Waals surface area (Å²) in [7, 11) is 0. The first-order chi connectivity index (χ1) is 39.9. The van der Waals surface area contributed by atoms with E-state index in [-0.39, 0.29) is 17.7 Å². The van der Waals surface area contributed by atoms with Crippen LogP contribution in [0.3, 0.4) is 0 Å². The molecule has 87 heavy (non-hydrogen) atoms. The molecule has 8 rings (SSSR count). The Labute approximate surface area is 485 Å². The Morgan fingerprint density at radius 1 is 0.184 bits per heavy atom. The summed E-state index contributed by atoms with van der Waals surface area (Å²) in [6, 6.07) is 5.89. The lowest BCUT2D eigenvalue weighted by Gasteiger charge is -2.17. The van der Waals surface area contributed by atoms with Gasteiger partial charge in [0.05, 0.1) is 21.2 Å². The predicted molar refractivity (Wildman–Crippen MR) is 257 cm³/mol. The number of hydrogen-bond acceptors (Lipinski definition) is 0. The van der Waals surface area contributed by atoms with Crippen LogP contribution in [0.25, 0.3) is 22.3 Å². The van der Waals surface area contributed by atoms with Crippen molar-refractivity contribution in [3.05, 3.63) is 253 Å². The highest BCUT2D eigenvalue weighted by Crippen LogP contribution is 2.39. The molecule has 0 nitrogen and oxygen atoms in total. The van der Waals surface area contributed by atoms with Gasteiger partial charge < -0.3 is 0 Å². The van der Waals surface area contributed by atoms with Gasteiger partial charge in [-0.2, -0.15) is 0 Å². The van der Waals surface area contributed by atoms with Gasteiger partial charge in [0.15, 0.2) is 140 Å². The summed E-state index contributed by atoms with van der Waals surface area (Å²) in [4.78, 5) is 0. The van der Waals surface area contributed by atoms with Crippen molar-refractivity contribution in [3.8, 4) is 22.3 Å². The van der Waals surface area contributed by atoms with Crippen molar-refractivity contribution in [2.24, 2.45) is 0 Å². The average Bonchev–Trinajstić information content (AvgIpc) is 0.917. The number of aryl methyl sites for hydroxylation is 5. The Balaban J connectivity index is 0.000000282. The van der Waals surface area contributed by atoms with Crippen molar-refractivity contribution in [2.75, 3.05) is 0 Å².